The number of fused-ring (bicyclic) bond motifs is 2. The lowest BCUT2D eigenvalue weighted by molar-refractivity contribution is -0.362. The number of aliphatic hydroxyl groups is 4. The highest BCUT2D eigenvalue weighted by Crippen LogP contribution is 2.32. The monoisotopic (exact) mass is 688 g/mol. The molecule has 2 fully saturated rings. The molecule has 14 nitrogen and oxygen atoms in total. The summed E-state index contributed by atoms with van der Waals surface area (Å²) in [6.45, 7) is 3.37. The smallest absolute Gasteiger partial charge is 0.306 e. The highest BCUT2D eigenvalue weighted by Gasteiger charge is 2.52. The molecule has 14 heteroatoms. The molecule has 4 bridgehead atoms. The highest BCUT2D eigenvalue weighted by molar-refractivity contribution is 5.69. The Morgan fingerprint density at radius 2 is 1.15 bits per heavy atom. The minimum atomic E-state index is -1.80. The van der Waals surface area contributed by atoms with Crippen molar-refractivity contribution in [1.29, 1.82) is 0 Å². The van der Waals surface area contributed by atoms with Crippen LogP contribution < -0.4 is 0 Å². The number of carbonyl (C=O) groups is 3. The third-order valence-corrected chi connectivity index (χ3v) is 8.76. The summed E-state index contributed by atoms with van der Waals surface area (Å²) in [7, 11) is 0. The van der Waals surface area contributed by atoms with Crippen molar-refractivity contribution in [3.63, 3.8) is 0 Å². The first kappa shape index (κ1) is 40.3. The summed E-state index contributed by atoms with van der Waals surface area (Å²) >= 11 is 0. The Hall–Kier alpha value is -2.17. The molecule has 0 aromatic carbocycles. The van der Waals surface area contributed by atoms with Gasteiger partial charge in [0.2, 0.25) is 0 Å². The van der Waals surface area contributed by atoms with Gasteiger partial charge in [0.25, 0.3) is 0 Å². The second-order valence-electron chi connectivity index (χ2n) is 12.9. The number of esters is 3. The molecule has 0 saturated carbocycles. The van der Waals surface area contributed by atoms with Crippen LogP contribution in [0.5, 0.6) is 0 Å². The predicted octanol–water partition coefficient (Wildman–Crippen LogP) is 2.35. The minimum Gasteiger partial charge on any atom is -0.463 e. The van der Waals surface area contributed by atoms with Gasteiger partial charge in [-0.3, -0.25) is 14.4 Å². The molecule has 11 atom stereocenters. The number of allylic oxidation sites excluding steroid dienone is 2. The van der Waals surface area contributed by atoms with Gasteiger partial charge >= 0.3 is 17.9 Å². The Balaban J connectivity index is 1.79. The fourth-order valence-electron chi connectivity index (χ4n) is 6.02. The zero-order chi connectivity index (χ0) is 35.1. The first-order valence-corrected chi connectivity index (χ1v) is 17.4. The predicted molar refractivity (Wildman–Crippen MR) is 169 cm³/mol. The molecule has 0 radical (unpaired) electrons. The van der Waals surface area contributed by atoms with Gasteiger partial charge in [0, 0.05) is 20.3 Å². The van der Waals surface area contributed by atoms with Crippen molar-refractivity contribution in [2.24, 2.45) is 0 Å². The van der Waals surface area contributed by atoms with Gasteiger partial charge in [-0.1, -0.05) is 50.7 Å². The number of ether oxygens (including phenoxy) is 7. The van der Waals surface area contributed by atoms with E-state index in [1.807, 2.05) is 6.92 Å². The van der Waals surface area contributed by atoms with Crippen LogP contribution in [0.15, 0.2) is 12.2 Å². The van der Waals surface area contributed by atoms with Crippen molar-refractivity contribution in [3.8, 4) is 0 Å². The van der Waals surface area contributed by atoms with E-state index in [4.69, 9.17) is 33.2 Å². The highest BCUT2D eigenvalue weighted by atomic mass is 16.7. The van der Waals surface area contributed by atoms with Gasteiger partial charge in [-0.2, -0.15) is 0 Å². The van der Waals surface area contributed by atoms with Crippen molar-refractivity contribution in [2.45, 2.75) is 172 Å². The maximum atomic E-state index is 12.7. The van der Waals surface area contributed by atoms with Crippen LogP contribution in [0.3, 0.4) is 0 Å². The average Bonchev–Trinajstić information content (AvgIpc) is 3.04. The molecule has 5 aliphatic rings. The van der Waals surface area contributed by atoms with E-state index in [0.29, 0.717) is 12.8 Å². The van der Waals surface area contributed by atoms with Gasteiger partial charge < -0.3 is 53.6 Å². The quantitative estimate of drug-likeness (QED) is 0.191. The molecule has 0 aliphatic carbocycles. The zero-order valence-corrected chi connectivity index (χ0v) is 28.5. The van der Waals surface area contributed by atoms with E-state index in [0.717, 1.165) is 64.2 Å². The Kier molecular flexibility index (Phi) is 17.7. The van der Waals surface area contributed by atoms with Gasteiger partial charge in [0.1, 0.15) is 55.9 Å². The molecule has 5 rings (SSSR count). The molecular weight excluding hydrogens is 632 g/mol. The van der Waals surface area contributed by atoms with Crippen LogP contribution in [0, 0.1) is 0 Å². The zero-order valence-electron chi connectivity index (χ0n) is 28.5. The molecule has 1 unspecified atom stereocenters. The standard InChI is InChI=1S/C34H56O14/c1-21-17-15-13-11-9-7-5-4-6-8-10-12-14-16-18-26(37)47-31-24(19-42-22(2)35)46-34(30(41)27(31)38)48-32-25(20-43-23(3)36)45-33(44-21)29(40)28(32)39/h4-5,21,24-25,27-34,38-41H,6-20H2,1-3H3/b5-4-/t21?,24-,25-,27-,28-,29-,30-,31-,32-,33-,34+/m1/s1. The summed E-state index contributed by atoms with van der Waals surface area (Å²) in [6.07, 6.45) is 0.544. The lowest BCUT2D eigenvalue weighted by Crippen LogP contribution is -2.65. The molecule has 4 N–H and O–H groups in total. The van der Waals surface area contributed by atoms with Crippen LogP contribution in [0.2, 0.25) is 0 Å². The van der Waals surface area contributed by atoms with Crippen LogP contribution >= 0.6 is 0 Å². The SMILES string of the molecule is CC(=O)OC[C@H]1O[C@H]2O[C@H]3[C@H](O)[C@@H](O)[C@H](OC(C)CCCCCC/C=C\CCCCCCCC(=O)O[C@H]1[C@H](O)[C@H]2O)O[C@@H]3COC(C)=O. The molecule has 0 aromatic heterocycles. The van der Waals surface area contributed by atoms with E-state index in [9.17, 15) is 34.8 Å². The van der Waals surface area contributed by atoms with Crippen molar-refractivity contribution in [1.82, 2.24) is 0 Å². The Morgan fingerprint density at radius 1 is 0.667 bits per heavy atom. The summed E-state index contributed by atoms with van der Waals surface area (Å²) in [4.78, 5) is 36.0. The normalized spacial score (nSPS) is 37.8. The second-order valence-corrected chi connectivity index (χ2v) is 12.9. The molecule has 48 heavy (non-hydrogen) atoms. The molecule has 0 spiro atoms. The summed E-state index contributed by atoms with van der Waals surface area (Å²) in [5.41, 5.74) is 0. The van der Waals surface area contributed by atoms with Gasteiger partial charge in [-0.25, -0.2) is 0 Å². The molecule has 0 aromatic rings. The largest absolute Gasteiger partial charge is 0.463 e. The van der Waals surface area contributed by atoms with Gasteiger partial charge in [0.05, 0.1) is 6.10 Å². The lowest BCUT2D eigenvalue weighted by Gasteiger charge is -2.46. The van der Waals surface area contributed by atoms with E-state index < -0.39 is 92.5 Å². The van der Waals surface area contributed by atoms with Crippen molar-refractivity contribution in [3.05, 3.63) is 12.2 Å². The topological polar surface area (TPSA) is 197 Å². The van der Waals surface area contributed by atoms with Crippen LogP contribution in [-0.4, -0.2) is 119 Å². The van der Waals surface area contributed by atoms with E-state index in [2.05, 4.69) is 12.2 Å². The van der Waals surface area contributed by atoms with Crippen molar-refractivity contribution in [2.75, 3.05) is 13.2 Å². The maximum absolute atomic E-state index is 12.7. The van der Waals surface area contributed by atoms with Crippen LogP contribution in [0.25, 0.3) is 0 Å². The number of aliphatic hydroxyl groups excluding tert-OH is 4. The van der Waals surface area contributed by atoms with E-state index in [1.54, 1.807) is 0 Å². The minimum absolute atomic E-state index is 0.0859. The first-order chi connectivity index (χ1) is 23.0. The van der Waals surface area contributed by atoms with Gasteiger partial charge in [-0.15, -0.1) is 0 Å². The van der Waals surface area contributed by atoms with Crippen LogP contribution in [0.4, 0.5) is 0 Å². The summed E-state index contributed by atoms with van der Waals surface area (Å²) in [5.74, 6) is -1.90. The fourth-order valence-corrected chi connectivity index (χ4v) is 6.02. The lowest BCUT2D eigenvalue weighted by atomic mass is 9.96. The number of hydrogen-bond acceptors (Lipinski definition) is 14. The molecule has 5 heterocycles. The van der Waals surface area contributed by atoms with Gasteiger partial charge in [-0.05, 0) is 45.4 Å². The summed E-state index contributed by atoms with van der Waals surface area (Å²) in [6, 6.07) is 0. The van der Waals surface area contributed by atoms with Crippen LogP contribution in [-0.2, 0) is 47.5 Å². The number of carbonyl (C=O) groups excluding carboxylic acids is 3. The van der Waals surface area contributed by atoms with E-state index >= 15 is 0 Å². The number of rotatable bonds is 4. The molecule has 276 valence electrons. The third-order valence-electron chi connectivity index (χ3n) is 8.76. The van der Waals surface area contributed by atoms with Crippen molar-refractivity contribution < 1.29 is 68.0 Å². The Morgan fingerprint density at radius 3 is 1.73 bits per heavy atom. The Labute approximate surface area is 283 Å². The maximum Gasteiger partial charge on any atom is 0.306 e. The average molecular weight is 689 g/mol. The molecule has 0 amide bonds. The summed E-state index contributed by atoms with van der Waals surface area (Å²) < 4.78 is 39.4. The second kappa shape index (κ2) is 21.1. The van der Waals surface area contributed by atoms with Crippen molar-refractivity contribution >= 4 is 17.9 Å². The van der Waals surface area contributed by atoms with Crippen LogP contribution in [0.1, 0.15) is 104 Å². The third kappa shape index (κ3) is 13.3. The Bertz CT molecular complexity index is 1010. The first-order valence-electron chi connectivity index (χ1n) is 17.4. The van der Waals surface area contributed by atoms with E-state index in [-0.39, 0.29) is 12.5 Å². The van der Waals surface area contributed by atoms with Gasteiger partial charge in [0.15, 0.2) is 18.7 Å². The molecule has 2 saturated heterocycles. The van der Waals surface area contributed by atoms with E-state index in [1.165, 1.54) is 13.8 Å². The number of hydrogen-bond donors (Lipinski definition) is 4. The summed E-state index contributed by atoms with van der Waals surface area (Å²) in [5, 5.41) is 44.2. The molecule has 5 aliphatic heterocycles. The fraction of sp³-hybridized carbons (Fsp3) is 0.853. The molecular formula is C34H56O14.